The molecule has 30 heavy (non-hydrogen) atoms. The third-order valence-electron chi connectivity index (χ3n) is 4.55. The number of hydrogen-bond donors (Lipinski definition) is 3. The lowest BCUT2D eigenvalue weighted by Gasteiger charge is -2.15. The first-order chi connectivity index (χ1) is 14.5. The number of aromatic amines is 1. The predicted octanol–water partition coefficient (Wildman–Crippen LogP) is 4.55. The van der Waals surface area contributed by atoms with Gasteiger partial charge in [0.2, 0.25) is 0 Å². The van der Waals surface area contributed by atoms with Crippen molar-refractivity contribution in [1.29, 1.82) is 0 Å². The number of anilines is 1. The quantitative estimate of drug-likeness (QED) is 0.429. The molecule has 1 aromatic carbocycles. The van der Waals surface area contributed by atoms with Gasteiger partial charge in [-0.2, -0.15) is 0 Å². The second-order valence-corrected chi connectivity index (χ2v) is 6.59. The number of hydrogen-bond acceptors (Lipinski definition) is 5. The molecule has 0 spiro atoms. The highest BCUT2D eigenvalue weighted by Gasteiger charge is 2.15. The maximum Gasteiger partial charge on any atom is 0.183 e. The van der Waals surface area contributed by atoms with Crippen LogP contribution in [0.15, 0.2) is 48.9 Å². The number of nitrogens with zero attached hydrogens (tertiary/aromatic N) is 3. The number of rotatable bonds is 4. The summed E-state index contributed by atoms with van der Waals surface area (Å²) in [4.78, 5) is 15.8. The molecule has 4 aromatic rings. The van der Waals surface area contributed by atoms with Crippen molar-refractivity contribution < 1.29 is 18.2 Å². The van der Waals surface area contributed by atoms with E-state index in [1.165, 1.54) is 12.1 Å². The zero-order valence-corrected chi connectivity index (χ0v) is 15.9. The minimum atomic E-state index is -0.597. The molecule has 0 aliphatic heterocycles. The minimum Gasteiger partial charge on any atom is -0.384 e. The van der Waals surface area contributed by atoms with Crippen LogP contribution in [-0.2, 0) is 0 Å². The van der Waals surface area contributed by atoms with Crippen molar-refractivity contribution in [3.05, 3.63) is 71.7 Å². The molecule has 4 rings (SSSR count). The Kier molecular flexibility index (Phi) is 5.37. The molecule has 0 unspecified atom stereocenters. The number of nitrogens with one attached hydrogen (secondary N) is 2. The van der Waals surface area contributed by atoms with Crippen molar-refractivity contribution in [2.75, 3.05) is 11.9 Å². The molecule has 3 aromatic heterocycles. The van der Waals surface area contributed by atoms with Gasteiger partial charge in [0, 0.05) is 33.2 Å². The molecule has 0 saturated heterocycles. The van der Waals surface area contributed by atoms with Crippen molar-refractivity contribution >= 4 is 16.9 Å². The van der Waals surface area contributed by atoms with Crippen LogP contribution in [0.2, 0.25) is 0 Å². The Bertz CT molecular complexity index is 1270. The first-order valence-electron chi connectivity index (χ1n) is 9.17. The second kappa shape index (κ2) is 8.27. The zero-order chi connectivity index (χ0) is 21.1. The van der Waals surface area contributed by atoms with Gasteiger partial charge in [-0.1, -0.05) is 24.0 Å². The Hall–Kier alpha value is -3.83. The Morgan fingerprint density at radius 1 is 1.20 bits per heavy atom. The molecule has 0 saturated carbocycles. The van der Waals surface area contributed by atoms with E-state index in [0.717, 1.165) is 17.1 Å². The van der Waals surface area contributed by atoms with E-state index in [4.69, 9.17) is 5.11 Å². The molecule has 3 heterocycles. The summed E-state index contributed by atoms with van der Waals surface area (Å²) in [6.07, 6.45) is 4.39. The van der Waals surface area contributed by atoms with Crippen molar-refractivity contribution in [3.8, 4) is 23.2 Å². The van der Waals surface area contributed by atoms with Gasteiger partial charge < -0.3 is 15.4 Å². The van der Waals surface area contributed by atoms with E-state index in [1.54, 1.807) is 30.6 Å². The molecule has 1 atom stereocenters. The van der Waals surface area contributed by atoms with E-state index in [2.05, 4.69) is 37.1 Å². The third-order valence-corrected chi connectivity index (χ3v) is 4.55. The average molecular weight is 411 g/mol. The monoisotopic (exact) mass is 411 g/mol. The van der Waals surface area contributed by atoms with Gasteiger partial charge in [-0.3, -0.25) is 0 Å². The standard InChI is InChI=1S/C22H17F2N5O.3H2/c1-13(15-4-6-16(23)7-5-15)28-22-19(24)12-27-21(29-22)18-11-26-20-17(18)9-14(10-25-20)3-2-8-30;;;/h4-7,9-13,30H,8H2,1H3,(H,25,26)(H,27,28,29);3*1H/t13-;;;/m0.../s1. The Morgan fingerprint density at radius 2 is 2.00 bits per heavy atom. The van der Waals surface area contributed by atoms with E-state index in [9.17, 15) is 8.78 Å². The number of aliphatic hydroxyl groups is 1. The molecule has 0 radical (unpaired) electrons. The molecule has 0 aliphatic carbocycles. The topological polar surface area (TPSA) is 86.7 Å². The molecular formula is C22H23F2N5O. The number of aliphatic hydroxyl groups excluding tert-OH is 1. The second-order valence-electron chi connectivity index (χ2n) is 6.59. The van der Waals surface area contributed by atoms with Crippen LogP contribution in [0.25, 0.3) is 22.4 Å². The van der Waals surface area contributed by atoms with Gasteiger partial charge in [-0.15, -0.1) is 0 Å². The largest absolute Gasteiger partial charge is 0.384 e. The van der Waals surface area contributed by atoms with Crippen LogP contribution in [0.4, 0.5) is 14.6 Å². The van der Waals surface area contributed by atoms with Crippen LogP contribution in [0.3, 0.4) is 0 Å². The van der Waals surface area contributed by atoms with Crippen molar-refractivity contribution in [2.24, 2.45) is 0 Å². The fourth-order valence-corrected chi connectivity index (χ4v) is 3.04. The van der Waals surface area contributed by atoms with Gasteiger partial charge in [-0.05, 0) is 30.7 Å². The Labute approximate surface area is 175 Å². The molecule has 0 aliphatic rings. The van der Waals surface area contributed by atoms with Gasteiger partial charge >= 0.3 is 0 Å². The van der Waals surface area contributed by atoms with Gasteiger partial charge in [0.1, 0.15) is 18.1 Å². The highest BCUT2D eigenvalue weighted by Crippen LogP contribution is 2.28. The lowest BCUT2D eigenvalue weighted by molar-refractivity contribution is 0.350. The van der Waals surface area contributed by atoms with Crippen molar-refractivity contribution in [3.63, 3.8) is 0 Å². The molecule has 0 bridgehead atoms. The molecular weight excluding hydrogens is 388 g/mol. The lowest BCUT2D eigenvalue weighted by atomic mass is 10.1. The smallest absolute Gasteiger partial charge is 0.183 e. The normalized spacial score (nSPS) is 11.7. The Morgan fingerprint density at radius 3 is 2.77 bits per heavy atom. The van der Waals surface area contributed by atoms with Gasteiger partial charge in [-0.25, -0.2) is 23.7 Å². The summed E-state index contributed by atoms with van der Waals surface area (Å²) < 4.78 is 27.5. The molecule has 8 heteroatoms. The molecule has 6 nitrogen and oxygen atoms in total. The number of H-pyrrole nitrogens is 1. The van der Waals surface area contributed by atoms with Crippen LogP contribution in [0.5, 0.6) is 0 Å². The van der Waals surface area contributed by atoms with Crippen LogP contribution in [0.1, 0.15) is 28.4 Å². The van der Waals surface area contributed by atoms with Crippen LogP contribution in [-0.4, -0.2) is 31.6 Å². The van der Waals surface area contributed by atoms with Gasteiger partial charge in [0.25, 0.3) is 0 Å². The number of benzene rings is 1. The number of pyridine rings is 1. The first kappa shape index (κ1) is 19.5. The fourth-order valence-electron chi connectivity index (χ4n) is 3.04. The van der Waals surface area contributed by atoms with Gasteiger partial charge in [0.15, 0.2) is 17.5 Å². The summed E-state index contributed by atoms with van der Waals surface area (Å²) in [5.41, 5.74) is 2.67. The highest BCUT2D eigenvalue weighted by atomic mass is 19.1. The molecule has 156 valence electrons. The van der Waals surface area contributed by atoms with Crippen LogP contribution < -0.4 is 5.32 Å². The van der Waals surface area contributed by atoms with E-state index in [0.29, 0.717) is 22.6 Å². The van der Waals surface area contributed by atoms with E-state index in [1.807, 2.05) is 6.92 Å². The highest BCUT2D eigenvalue weighted by molar-refractivity contribution is 5.92. The molecule has 3 N–H and O–H groups in total. The van der Waals surface area contributed by atoms with Crippen molar-refractivity contribution in [1.82, 2.24) is 19.9 Å². The lowest BCUT2D eigenvalue weighted by Crippen LogP contribution is -2.10. The summed E-state index contributed by atoms with van der Waals surface area (Å²) in [7, 11) is 0. The fraction of sp³-hybridized carbons (Fsp3) is 0.136. The van der Waals surface area contributed by atoms with E-state index in [-0.39, 0.29) is 28.6 Å². The first-order valence-corrected chi connectivity index (χ1v) is 9.17. The summed E-state index contributed by atoms with van der Waals surface area (Å²) >= 11 is 0. The minimum absolute atomic E-state index is 0. The number of halogens is 2. The maximum absolute atomic E-state index is 14.4. The molecule has 0 fully saturated rings. The molecule has 0 amide bonds. The van der Waals surface area contributed by atoms with Crippen LogP contribution >= 0.6 is 0 Å². The Balaban J connectivity index is 0.00000181. The summed E-state index contributed by atoms with van der Waals surface area (Å²) in [6.45, 7) is 1.58. The third kappa shape index (κ3) is 3.97. The zero-order valence-electron chi connectivity index (χ0n) is 15.9. The van der Waals surface area contributed by atoms with Crippen molar-refractivity contribution in [2.45, 2.75) is 13.0 Å². The number of fused-ring (bicyclic) bond motifs is 1. The average Bonchev–Trinajstić information content (AvgIpc) is 3.17. The van der Waals surface area contributed by atoms with Gasteiger partial charge in [0.05, 0.1) is 12.2 Å². The summed E-state index contributed by atoms with van der Waals surface area (Å²) in [6, 6.07) is 7.47. The van der Waals surface area contributed by atoms with E-state index >= 15 is 0 Å². The maximum atomic E-state index is 14.4. The SMILES string of the molecule is C[C@H](Nc1nc(-c2c[nH]c3ncc(C#CCO)cc23)ncc1F)c1ccc(F)cc1.[HH].[HH].[HH]. The predicted molar refractivity (Wildman–Crippen MR) is 116 cm³/mol. The summed E-state index contributed by atoms with van der Waals surface area (Å²) in [5, 5.41) is 12.6. The number of aromatic nitrogens is 4. The summed E-state index contributed by atoms with van der Waals surface area (Å²) in [5.74, 6) is 4.80. The van der Waals surface area contributed by atoms with E-state index < -0.39 is 5.82 Å². The van der Waals surface area contributed by atoms with Crippen LogP contribution in [0, 0.1) is 23.5 Å².